The number of pyridine rings is 1. The van der Waals surface area contributed by atoms with E-state index in [9.17, 15) is 13.6 Å². The molecule has 0 spiro atoms. The van der Waals surface area contributed by atoms with Crippen LogP contribution in [0, 0.1) is 11.6 Å². The Bertz CT molecular complexity index is 1140. The number of likely N-dealkylation sites (N-methyl/N-ethyl adjacent to an activating group) is 1. The number of piperazine rings is 1. The van der Waals surface area contributed by atoms with E-state index in [2.05, 4.69) is 37.1 Å². The topological polar surface area (TPSA) is 83.5 Å². The zero-order valence-corrected chi connectivity index (χ0v) is 19.6. The van der Waals surface area contributed by atoms with Crippen LogP contribution >= 0.6 is 0 Å². The Hall–Kier alpha value is -3.50. The number of ether oxygens (including phenoxy) is 1. The molecule has 2 aromatic heterocycles. The van der Waals surface area contributed by atoms with Crippen molar-refractivity contribution in [3.05, 3.63) is 71.8 Å². The van der Waals surface area contributed by atoms with Crippen LogP contribution in [0.25, 0.3) is 11.4 Å². The fraction of sp³-hybridized carbons (Fsp3) is 0.360. The number of amides is 1. The van der Waals surface area contributed by atoms with E-state index in [0.717, 1.165) is 32.7 Å². The van der Waals surface area contributed by atoms with Gasteiger partial charge >= 0.3 is 0 Å². The SMILES string of the molecule is CN1CCN(CCOc2ccc(-c3ncc(CC(=O)NCc4cc(F)ccn4)cn3)c(F)c2)CC1. The third kappa shape index (κ3) is 7.24. The predicted molar refractivity (Wildman–Crippen MR) is 127 cm³/mol. The van der Waals surface area contributed by atoms with Gasteiger partial charge in [0.25, 0.3) is 0 Å². The van der Waals surface area contributed by atoms with Crippen molar-refractivity contribution in [1.82, 2.24) is 30.1 Å². The normalized spacial score (nSPS) is 14.6. The highest BCUT2D eigenvalue weighted by atomic mass is 19.1. The van der Waals surface area contributed by atoms with Gasteiger partial charge in [0.15, 0.2) is 5.82 Å². The number of hydrogen-bond acceptors (Lipinski definition) is 7. The number of benzene rings is 1. The van der Waals surface area contributed by atoms with Crippen molar-refractivity contribution in [3.63, 3.8) is 0 Å². The highest BCUT2D eigenvalue weighted by Gasteiger charge is 2.14. The zero-order chi connectivity index (χ0) is 24.6. The second kappa shape index (κ2) is 11.8. The Morgan fingerprint density at radius 1 is 1.06 bits per heavy atom. The molecule has 1 fully saturated rings. The van der Waals surface area contributed by atoms with E-state index in [-0.39, 0.29) is 30.3 Å². The molecular formula is C25H28F2N6O2. The number of carbonyl (C=O) groups excluding carboxylic acids is 1. The van der Waals surface area contributed by atoms with Crippen LogP contribution in [0.1, 0.15) is 11.3 Å². The molecule has 1 N–H and O–H groups in total. The van der Waals surface area contributed by atoms with Crippen LogP contribution in [-0.2, 0) is 17.8 Å². The first-order valence-corrected chi connectivity index (χ1v) is 11.5. The van der Waals surface area contributed by atoms with E-state index in [0.29, 0.717) is 23.6 Å². The summed E-state index contributed by atoms with van der Waals surface area (Å²) in [7, 11) is 2.11. The van der Waals surface area contributed by atoms with Crippen molar-refractivity contribution < 1.29 is 18.3 Å². The molecule has 1 amide bonds. The molecule has 1 aliphatic rings. The summed E-state index contributed by atoms with van der Waals surface area (Å²) in [4.78, 5) is 29.2. The molecule has 8 nitrogen and oxygen atoms in total. The lowest BCUT2D eigenvalue weighted by Crippen LogP contribution is -2.45. The van der Waals surface area contributed by atoms with Crippen LogP contribution < -0.4 is 10.1 Å². The molecule has 3 aromatic rings. The molecule has 1 aliphatic heterocycles. The average Bonchev–Trinajstić information content (AvgIpc) is 2.85. The maximum Gasteiger partial charge on any atom is 0.224 e. The van der Waals surface area contributed by atoms with Gasteiger partial charge in [-0.3, -0.25) is 14.7 Å². The quantitative estimate of drug-likeness (QED) is 0.501. The molecule has 0 bridgehead atoms. The van der Waals surface area contributed by atoms with E-state index in [1.165, 1.54) is 36.8 Å². The summed E-state index contributed by atoms with van der Waals surface area (Å²) >= 11 is 0. The number of nitrogens with zero attached hydrogens (tertiary/aromatic N) is 5. The number of aromatic nitrogens is 3. The minimum absolute atomic E-state index is 0.0398. The second-order valence-corrected chi connectivity index (χ2v) is 8.47. The maximum absolute atomic E-state index is 14.7. The summed E-state index contributed by atoms with van der Waals surface area (Å²) < 4.78 is 33.6. The monoisotopic (exact) mass is 482 g/mol. The van der Waals surface area contributed by atoms with Crippen LogP contribution in [0.15, 0.2) is 48.9 Å². The molecule has 4 rings (SSSR count). The van der Waals surface area contributed by atoms with Gasteiger partial charge in [0.05, 0.1) is 24.2 Å². The van der Waals surface area contributed by atoms with E-state index >= 15 is 0 Å². The van der Waals surface area contributed by atoms with E-state index < -0.39 is 11.6 Å². The predicted octanol–water partition coefficient (Wildman–Crippen LogP) is 2.30. The van der Waals surface area contributed by atoms with Crippen molar-refractivity contribution >= 4 is 5.91 Å². The van der Waals surface area contributed by atoms with Crippen molar-refractivity contribution in [2.75, 3.05) is 46.4 Å². The van der Waals surface area contributed by atoms with Gasteiger partial charge < -0.3 is 15.0 Å². The lowest BCUT2D eigenvalue weighted by Gasteiger charge is -2.32. The summed E-state index contributed by atoms with van der Waals surface area (Å²) in [5.41, 5.74) is 1.25. The van der Waals surface area contributed by atoms with Crippen molar-refractivity contribution in [3.8, 4) is 17.1 Å². The Morgan fingerprint density at radius 2 is 1.83 bits per heavy atom. The lowest BCUT2D eigenvalue weighted by atomic mass is 10.1. The van der Waals surface area contributed by atoms with Crippen LogP contribution in [0.3, 0.4) is 0 Å². The smallest absolute Gasteiger partial charge is 0.224 e. The Kier molecular flexibility index (Phi) is 8.27. The molecule has 1 saturated heterocycles. The Labute approximate surface area is 203 Å². The van der Waals surface area contributed by atoms with Crippen molar-refractivity contribution in [2.45, 2.75) is 13.0 Å². The maximum atomic E-state index is 14.7. The molecule has 10 heteroatoms. The van der Waals surface area contributed by atoms with Crippen molar-refractivity contribution in [2.24, 2.45) is 0 Å². The highest BCUT2D eigenvalue weighted by Crippen LogP contribution is 2.23. The van der Waals surface area contributed by atoms with E-state index in [4.69, 9.17) is 4.74 Å². The number of rotatable bonds is 9. The summed E-state index contributed by atoms with van der Waals surface area (Å²) in [5, 5.41) is 2.67. The number of hydrogen-bond donors (Lipinski definition) is 1. The molecule has 0 atom stereocenters. The van der Waals surface area contributed by atoms with Gasteiger partial charge in [-0.15, -0.1) is 0 Å². The molecule has 0 aliphatic carbocycles. The summed E-state index contributed by atoms with van der Waals surface area (Å²) in [6.45, 7) is 5.50. The highest BCUT2D eigenvalue weighted by molar-refractivity contribution is 5.78. The van der Waals surface area contributed by atoms with E-state index in [1.807, 2.05) is 0 Å². The Balaban J connectivity index is 1.26. The van der Waals surface area contributed by atoms with Gasteiger partial charge in [0, 0.05) is 57.4 Å². The molecule has 184 valence electrons. The van der Waals surface area contributed by atoms with Gasteiger partial charge in [-0.2, -0.15) is 0 Å². The Morgan fingerprint density at radius 3 is 2.54 bits per heavy atom. The van der Waals surface area contributed by atoms with Crippen LogP contribution in [-0.4, -0.2) is 77.0 Å². The molecule has 1 aromatic carbocycles. The van der Waals surface area contributed by atoms with Crippen LogP contribution in [0.2, 0.25) is 0 Å². The largest absolute Gasteiger partial charge is 0.492 e. The van der Waals surface area contributed by atoms with Crippen LogP contribution in [0.5, 0.6) is 5.75 Å². The fourth-order valence-corrected chi connectivity index (χ4v) is 3.70. The lowest BCUT2D eigenvalue weighted by molar-refractivity contribution is -0.120. The van der Waals surface area contributed by atoms with Gasteiger partial charge in [0.2, 0.25) is 5.91 Å². The number of carbonyl (C=O) groups is 1. The standard InChI is InChI=1S/C25H28F2N6O2/c1-32-6-8-33(9-7-32)10-11-35-21-2-3-22(23(27)14-21)25-30-15-18(16-31-25)12-24(34)29-17-20-13-19(26)4-5-28-20/h2-5,13-16H,6-12,17H2,1H3,(H,29,34). The van der Waals surface area contributed by atoms with Gasteiger partial charge in [0.1, 0.15) is 24.0 Å². The summed E-state index contributed by atoms with van der Waals surface area (Å²) in [5.74, 6) is -0.487. The van der Waals surface area contributed by atoms with Gasteiger partial charge in [-0.1, -0.05) is 0 Å². The molecular weight excluding hydrogens is 454 g/mol. The third-order valence-electron chi connectivity index (χ3n) is 5.77. The van der Waals surface area contributed by atoms with Gasteiger partial charge in [-0.25, -0.2) is 18.7 Å². The number of nitrogens with one attached hydrogen (secondary N) is 1. The second-order valence-electron chi connectivity index (χ2n) is 8.47. The zero-order valence-electron chi connectivity index (χ0n) is 19.6. The number of halogens is 2. The summed E-state index contributed by atoms with van der Waals surface area (Å²) in [6.07, 6.45) is 4.36. The van der Waals surface area contributed by atoms with E-state index in [1.54, 1.807) is 12.1 Å². The fourth-order valence-electron chi connectivity index (χ4n) is 3.70. The first-order chi connectivity index (χ1) is 17.0. The molecule has 0 saturated carbocycles. The average molecular weight is 483 g/mol. The minimum atomic E-state index is -0.477. The van der Waals surface area contributed by atoms with Crippen LogP contribution in [0.4, 0.5) is 8.78 Å². The van der Waals surface area contributed by atoms with Gasteiger partial charge in [-0.05, 0) is 36.9 Å². The summed E-state index contributed by atoms with van der Waals surface area (Å²) in [6, 6.07) is 7.13. The van der Waals surface area contributed by atoms with Crippen molar-refractivity contribution in [1.29, 1.82) is 0 Å². The molecule has 0 radical (unpaired) electrons. The molecule has 35 heavy (non-hydrogen) atoms. The minimum Gasteiger partial charge on any atom is -0.492 e. The molecule has 3 heterocycles. The third-order valence-corrected chi connectivity index (χ3v) is 5.77. The first kappa shape index (κ1) is 24.6. The molecule has 0 unspecified atom stereocenters. The first-order valence-electron chi connectivity index (χ1n) is 11.5.